The minimum Gasteiger partial charge on any atom is -0.330 e. The number of rotatable bonds is 6. The number of carbonyl (C=O) groups is 1. The van der Waals surface area contributed by atoms with Gasteiger partial charge in [0.2, 0.25) is 5.91 Å². The molecule has 0 bridgehead atoms. The minimum atomic E-state index is -3.26. The number of aromatic nitrogens is 2. The zero-order valence-electron chi connectivity index (χ0n) is 16.1. The summed E-state index contributed by atoms with van der Waals surface area (Å²) in [5.74, 6) is -0.0608. The van der Waals surface area contributed by atoms with Crippen molar-refractivity contribution in [1.82, 2.24) is 14.9 Å². The van der Waals surface area contributed by atoms with E-state index in [-0.39, 0.29) is 17.4 Å². The molecule has 148 valence electrons. The zero-order valence-corrected chi connectivity index (χ0v) is 17.8. The molecule has 0 saturated heterocycles. The van der Waals surface area contributed by atoms with Crippen LogP contribution < -0.4 is 0 Å². The van der Waals surface area contributed by atoms with Crippen molar-refractivity contribution in [3.8, 4) is 0 Å². The normalized spacial score (nSPS) is 17.6. The number of thioether (sulfide) groups is 1. The van der Waals surface area contributed by atoms with Gasteiger partial charge in [0.1, 0.15) is 0 Å². The van der Waals surface area contributed by atoms with Crippen molar-refractivity contribution < 1.29 is 13.2 Å². The molecule has 1 aliphatic heterocycles. The van der Waals surface area contributed by atoms with E-state index in [1.807, 2.05) is 51.1 Å². The Hall–Kier alpha value is -2.19. The van der Waals surface area contributed by atoms with E-state index in [1.54, 1.807) is 11.0 Å². The van der Waals surface area contributed by atoms with E-state index in [9.17, 15) is 13.2 Å². The van der Waals surface area contributed by atoms with Crippen molar-refractivity contribution in [3.05, 3.63) is 64.3 Å². The number of benzene rings is 1. The average molecular weight is 418 g/mol. The molecule has 0 saturated carbocycles. The van der Waals surface area contributed by atoms with Crippen LogP contribution in [-0.4, -0.2) is 46.7 Å². The highest BCUT2D eigenvalue weighted by Gasteiger charge is 2.30. The third kappa shape index (κ3) is 4.99. The Morgan fingerprint density at radius 1 is 1.14 bits per heavy atom. The number of amides is 1. The number of sulfone groups is 1. The summed E-state index contributed by atoms with van der Waals surface area (Å²) in [6.45, 7) is 6.17. The average Bonchev–Trinajstić information content (AvgIpc) is 3.02. The van der Waals surface area contributed by atoms with Crippen molar-refractivity contribution in [2.75, 3.05) is 11.5 Å². The molecule has 0 unspecified atom stereocenters. The molecule has 0 N–H and O–H groups in total. The Bertz CT molecular complexity index is 982. The van der Waals surface area contributed by atoms with Gasteiger partial charge in [-0.05, 0) is 38.0 Å². The van der Waals surface area contributed by atoms with Crippen LogP contribution in [0.4, 0.5) is 0 Å². The Labute approximate surface area is 170 Å². The lowest BCUT2D eigenvalue weighted by atomic mass is 10.2. The summed E-state index contributed by atoms with van der Waals surface area (Å²) in [6, 6.07) is 9.11. The minimum absolute atomic E-state index is 0.0739. The highest BCUT2D eigenvalue weighted by Crippen LogP contribution is 2.22. The quantitative estimate of drug-likeness (QED) is 0.531. The molecule has 6 nitrogen and oxygen atoms in total. The lowest BCUT2D eigenvalue weighted by Crippen LogP contribution is -2.41. The van der Waals surface area contributed by atoms with Crippen molar-refractivity contribution in [1.29, 1.82) is 0 Å². The zero-order chi connectivity index (χ0) is 20.3. The first kappa shape index (κ1) is 20.5. The maximum absolute atomic E-state index is 13.0. The highest BCUT2D eigenvalue weighted by atomic mass is 32.2. The summed E-state index contributed by atoms with van der Waals surface area (Å²) in [4.78, 5) is 23.5. The second kappa shape index (κ2) is 8.45. The smallest absolute Gasteiger partial charge is 0.233 e. The van der Waals surface area contributed by atoms with Crippen LogP contribution in [-0.2, 0) is 21.2 Å². The molecule has 1 aromatic carbocycles. The molecular formula is C20H23N3O3S2. The largest absolute Gasteiger partial charge is 0.330 e. The van der Waals surface area contributed by atoms with Crippen molar-refractivity contribution >= 4 is 27.5 Å². The molecule has 2 heterocycles. The van der Waals surface area contributed by atoms with E-state index in [1.165, 1.54) is 17.2 Å². The van der Waals surface area contributed by atoms with Gasteiger partial charge >= 0.3 is 0 Å². The fourth-order valence-electron chi connectivity index (χ4n) is 2.94. The van der Waals surface area contributed by atoms with Crippen molar-refractivity contribution in [3.63, 3.8) is 0 Å². The van der Waals surface area contributed by atoms with E-state index in [0.717, 1.165) is 22.5 Å². The monoisotopic (exact) mass is 417 g/mol. The second-order valence-corrected chi connectivity index (χ2v) is 9.70. The van der Waals surface area contributed by atoms with Gasteiger partial charge in [-0.3, -0.25) is 4.79 Å². The first-order valence-corrected chi connectivity index (χ1v) is 11.6. The lowest BCUT2D eigenvalue weighted by molar-refractivity contribution is -0.130. The molecular weight excluding hydrogens is 394 g/mol. The predicted molar refractivity (Wildman–Crippen MR) is 111 cm³/mol. The van der Waals surface area contributed by atoms with Gasteiger partial charge in [-0.25, -0.2) is 18.4 Å². The van der Waals surface area contributed by atoms with Crippen LogP contribution in [0.2, 0.25) is 0 Å². The Kier molecular flexibility index (Phi) is 6.20. The van der Waals surface area contributed by atoms with Crippen LogP contribution in [0.1, 0.15) is 22.5 Å². The third-order valence-electron chi connectivity index (χ3n) is 4.76. The summed E-state index contributed by atoms with van der Waals surface area (Å²) in [6.07, 6.45) is 1.59. The van der Waals surface area contributed by atoms with E-state index in [0.29, 0.717) is 11.7 Å². The summed E-state index contributed by atoms with van der Waals surface area (Å²) < 4.78 is 23.7. The summed E-state index contributed by atoms with van der Waals surface area (Å²) in [5, 5.41) is 1.76. The molecule has 0 aliphatic carbocycles. The van der Waals surface area contributed by atoms with E-state index >= 15 is 0 Å². The van der Waals surface area contributed by atoms with Gasteiger partial charge in [0.25, 0.3) is 0 Å². The van der Waals surface area contributed by atoms with E-state index in [4.69, 9.17) is 0 Å². The molecule has 1 atom stereocenters. The van der Waals surface area contributed by atoms with Crippen molar-refractivity contribution in [2.45, 2.75) is 38.5 Å². The fourth-order valence-corrected chi connectivity index (χ4v) is 5.06. The molecule has 3 rings (SSSR count). The predicted octanol–water partition coefficient (Wildman–Crippen LogP) is 2.83. The van der Waals surface area contributed by atoms with E-state index < -0.39 is 15.9 Å². The first-order chi connectivity index (χ1) is 13.2. The fraction of sp³-hybridized carbons (Fsp3) is 0.350. The van der Waals surface area contributed by atoms with E-state index in [2.05, 4.69) is 9.97 Å². The molecule has 0 spiro atoms. The third-order valence-corrected chi connectivity index (χ3v) is 6.97. The standard InChI is InChI=1S/C20H23N3O3S2/c1-14-15(2)21-20(22-16(14)3)27-12-19(24)23(11-17-7-5-4-6-8-17)18-9-10-28(25,26)13-18/h4-10,18H,11-13H2,1-3H3/t18-/m0/s1. The van der Waals surface area contributed by atoms with Gasteiger partial charge in [0, 0.05) is 23.3 Å². The molecule has 1 aromatic heterocycles. The summed E-state index contributed by atoms with van der Waals surface area (Å²) in [7, 11) is -3.26. The summed E-state index contributed by atoms with van der Waals surface area (Å²) >= 11 is 1.28. The number of hydrogen-bond acceptors (Lipinski definition) is 6. The van der Waals surface area contributed by atoms with Gasteiger partial charge in [-0.15, -0.1) is 0 Å². The van der Waals surface area contributed by atoms with Crippen LogP contribution >= 0.6 is 11.8 Å². The number of nitrogens with zero attached hydrogens (tertiary/aromatic N) is 3. The van der Waals surface area contributed by atoms with Crippen LogP contribution in [0.15, 0.2) is 47.0 Å². The first-order valence-electron chi connectivity index (χ1n) is 8.94. The number of hydrogen-bond donors (Lipinski definition) is 0. The van der Waals surface area contributed by atoms with Crippen LogP contribution in [0.25, 0.3) is 0 Å². The number of carbonyl (C=O) groups excluding carboxylic acids is 1. The second-order valence-electron chi connectivity index (χ2n) is 6.82. The molecule has 28 heavy (non-hydrogen) atoms. The van der Waals surface area contributed by atoms with Gasteiger partial charge in [-0.1, -0.05) is 42.1 Å². The van der Waals surface area contributed by atoms with Crippen LogP contribution in [0, 0.1) is 20.8 Å². The molecule has 8 heteroatoms. The molecule has 2 aromatic rings. The maximum atomic E-state index is 13.0. The summed E-state index contributed by atoms with van der Waals surface area (Å²) in [5.41, 5.74) is 3.79. The highest BCUT2D eigenvalue weighted by molar-refractivity contribution is 7.99. The SMILES string of the molecule is Cc1nc(SCC(=O)N(Cc2ccccc2)[C@H]2C=CS(=O)(=O)C2)nc(C)c1C. The lowest BCUT2D eigenvalue weighted by Gasteiger charge is -2.27. The Balaban J connectivity index is 1.76. The van der Waals surface area contributed by atoms with Gasteiger partial charge in [0.05, 0.1) is 17.5 Å². The Morgan fingerprint density at radius 2 is 1.79 bits per heavy atom. The molecule has 0 radical (unpaired) electrons. The number of aryl methyl sites for hydroxylation is 2. The molecule has 1 aliphatic rings. The molecule has 0 fully saturated rings. The van der Waals surface area contributed by atoms with Gasteiger partial charge in [0.15, 0.2) is 15.0 Å². The topological polar surface area (TPSA) is 80.2 Å². The maximum Gasteiger partial charge on any atom is 0.233 e. The Morgan fingerprint density at radius 3 is 2.36 bits per heavy atom. The van der Waals surface area contributed by atoms with Gasteiger partial charge < -0.3 is 4.90 Å². The van der Waals surface area contributed by atoms with Crippen LogP contribution in [0.3, 0.4) is 0 Å². The van der Waals surface area contributed by atoms with Crippen molar-refractivity contribution in [2.24, 2.45) is 0 Å². The molecule has 1 amide bonds. The van der Waals surface area contributed by atoms with Crippen LogP contribution in [0.5, 0.6) is 0 Å². The van der Waals surface area contributed by atoms with Gasteiger partial charge in [-0.2, -0.15) is 0 Å².